The van der Waals surface area contributed by atoms with Crippen LogP contribution in [0.2, 0.25) is 0 Å². The van der Waals surface area contributed by atoms with Gasteiger partial charge in [0.1, 0.15) is 48.8 Å². The van der Waals surface area contributed by atoms with Crippen LogP contribution in [0.4, 0.5) is 0 Å². The molecule has 0 radical (unpaired) electrons. The number of carboxylic acids is 1. The molecule has 2 unspecified atom stereocenters. The molecule has 1 saturated carbocycles. The zero-order chi connectivity index (χ0) is 66.3. The van der Waals surface area contributed by atoms with Crippen molar-refractivity contribution in [2.45, 2.75) is 163 Å². The Morgan fingerprint density at radius 2 is 1.31 bits per heavy atom. The molecule has 9 amide bonds. The van der Waals surface area contributed by atoms with Gasteiger partial charge in [-0.3, -0.25) is 58.1 Å². The summed E-state index contributed by atoms with van der Waals surface area (Å²) in [6.45, 7) is -2.14. The highest BCUT2D eigenvalue weighted by Crippen LogP contribution is 2.40. The number of nitrogens with zero attached hydrogens (tertiary/aromatic N) is 7. The number of aliphatic hydroxyl groups excluding tert-OH is 2. The lowest BCUT2D eigenvalue weighted by Crippen LogP contribution is -2.59. The lowest BCUT2D eigenvalue weighted by Gasteiger charge is -2.36. The number of nitrogens with two attached hydrogens (primary N) is 7. The quantitative estimate of drug-likeness (QED) is 0.0181. The fourth-order valence-corrected chi connectivity index (χ4v) is 12.8. The van der Waals surface area contributed by atoms with Crippen molar-refractivity contribution in [2.24, 2.45) is 61.0 Å². The van der Waals surface area contributed by atoms with Crippen molar-refractivity contribution in [3.8, 4) is 0 Å². The Balaban J connectivity index is 1.12. The number of rotatable bonds is 33. The number of benzene rings is 1. The standard InChI is InChI=1S/C58H89N19O13S/c59-37(15-6-20-66-56(60)61)48(82)71-38(16-7-21-67-57(62)63)53(87)75-23-9-19-43(75)54(88)76-30-35(79)26-44(76)50(84)69-28-46(80)70-40(27-36-14-10-24-91-36)49(83)73-41(32-78)52(86)74(29-33-11-2-1-3-12-33)31-47(81)77-42-18-5-4-13-34(42)25-45(77)51(85)72-39(55(89)90)17-8-22-68-58(64)65/h1-3,10-12,14,24,34-35,37-45,78-79H,4-9,13,15-23,25-32,59H2,(H,69,84)(H,70,80)(H,71,82)(H,72,85)(H,73,83)(H,89,90)(H4,60,61,66)(H4,62,63,67)(H4,64,65,68)/t34?,35-,37-,38+,39+,40+,41+,42?,43+,44+,45+/m1/s1. The number of amides is 9. The third-order valence-electron chi connectivity index (χ3n) is 16.5. The normalized spacial score (nSPS) is 20.9. The smallest absolute Gasteiger partial charge is 0.326 e. The van der Waals surface area contributed by atoms with E-state index in [-0.39, 0.29) is 121 Å². The summed E-state index contributed by atoms with van der Waals surface area (Å²) in [5.41, 5.74) is 39.4. The molecule has 22 N–H and O–H groups in total. The molecular weight excluding hydrogens is 1200 g/mol. The third-order valence-corrected chi connectivity index (χ3v) is 17.4. The fraction of sp³-hybridized carbons (Fsp3) is 0.603. The third kappa shape index (κ3) is 21.2. The van der Waals surface area contributed by atoms with Crippen LogP contribution in [0, 0.1) is 5.92 Å². The van der Waals surface area contributed by atoms with Gasteiger partial charge >= 0.3 is 5.97 Å². The molecule has 0 spiro atoms. The van der Waals surface area contributed by atoms with Gasteiger partial charge in [0.05, 0.1) is 25.3 Å². The molecule has 1 aromatic carbocycles. The minimum Gasteiger partial charge on any atom is -0.480 e. The van der Waals surface area contributed by atoms with Crippen molar-refractivity contribution in [2.75, 3.05) is 52.4 Å². The van der Waals surface area contributed by atoms with E-state index in [0.717, 1.165) is 29.1 Å². The largest absolute Gasteiger partial charge is 0.480 e. The zero-order valence-electron chi connectivity index (χ0n) is 50.9. The Morgan fingerprint density at radius 3 is 1.93 bits per heavy atom. The van der Waals surface area contributed by atoms with Crippen molar-refractivity contribution < 1.29 is 63.3 Å². The summed E-state index contributed by atoms with van der Waals surface area (Å²) in [7, 11) is 0. The van der Waals surface area contributed by atoms with Gasteiger partial charge in [-0.2, -0.15) is 0 Å². The molecule has 33 heteroatoms. The fourth-order valence-electron chi connectivity index (χ4n) is 12.1. The first-order valence-corrected chi connectivity index (χ1v) is 31.5. The number of fused-ring (bicyclic) bond motifs is 1. The number of aliphatic hydroxyl groups is 2. The number of carbonyl (C=O) groups is 10. The summed E-state index contributed by atoms with van der Waals surface area (Å²) in [6.07, 6.45) is 3.37. The maximum absolute atomic E-state index is 14.8. The van der Waals surface area contributed by atoms with E-state index in [0.29, 0.717) is 29.7 Å². The summed E-state index contributed by atoms with van der Waals surface area (Å²) in [6, 6.07) is 1.59. The van der Waals surface area contributed by atoms with Crippen molar-refractivity contribution >= 4 is 88.3 Å². The molecule has 0 bridgehead atoms. The van der Waals surface area contributed by atoms with Crippen LogP contribution < -0.4 is 66.7 Å². The van der Waals surface area contributed by atoms with E-state index in [9.17, 15) is 63.3 Å². The molecule has 4 heterocycles. The number of thiophene rings is 1. The second kappa shape index (κ2) is 35.1. The Hall–Kier alpha value is -8.69. The molecule has 1 aliphatic carbocycles. The molecule has 4 aliphatic rings. The molecule has 32 nitrogen and oxygen atoms in total. The second-order valence-electron chi connectivity index (χ2n) is 23.2. The topological polar surface area (TPSA) is 524 Å². The summed E-state index contributed by atoms with van der Waals surface area (Å²) in [5.74, 6) is -8.48. The molecular formula is C58H89N19O13S. The van der Waals surface area contributed by atoms with Gasteiger partial charge in [0.2, 0.25) is 53.2 Å². The van der Waals surface area contributed by atoms with Crippen molar-refractivity contribution in [1.82, 2.24) is 46.2 Å². The molecule has 3 aliphatic heterocycles. The maximum Gasteiger partial charge on any atom is 0.326 e. The lowest BCUT2D eigenvalue weighted by molar-refractivity contribution is -0.148. The van der Waals surface area contributed by atoms with E-state index in [1.807, 2.05) is 0 Å². The van der Waals surface area contributed by atoms with E-state index in [4.69, 9.17) is 40.1 Å². The predicted molar refractivity (Wildman–Crippen MR) is 335 cm³/mol. The van der Waals surface area contributed by atoms with Gasteiger partial charge in [-0.15, -0.1) is 11.3 Å². The van der Waals surface area contributed by atoms with Gasteiger partial charge in [-0.1, -0.05) is 49.2 Å². The van der Waals surface area contributed by atoms with Crippen molar-refractivity contribution in [3.63, 3.8) is 0 Å². The highest BCUT2D eigenvalue weighted by atomic mass is 32.1. The second-order valence-corrected chi connectivity index (χ2v) is 24.2. The molecule has 6 rings (SSSR count). The Kier molecular flexibility index (Phi) is 27.5. The van der Waals surface area contributed by atoms with Crippen LogP contribution in [0.3, 0.4) is 0 Å². The van der Waals surface area contributed by atoms with Gasteiger partial charge < -0.3 is 102 Å². The number of aliphatic imine (C=N–C) groups is 3. The van der Waals surface area contributed by atoms with Gasteiger partial charge in [-0.25, -0.2) is 4.79 Å². The summed E-state index contributed by atoms with van der Waals surface area (Å²) >= 11 is 1.27. The lowest BCUT2D eigenvalue weighted by atomic mass is 9.84. The van der Waals surface area contributed by atoms with Crippen LogP contribution >= 0.6 is 11.3 Å². The summed E-state index contributed by atoms with van der Waals surface area (Å²) in [5, 5.41) is 46.4. The average molecular weight is 1290 g/mol. The molecule has 91 heavy (non-hydrogen) atoms. The van der Waals surface area contributed by atoms with Crippen molar-refractivity contribution in [3.05, 3.63) is 58.3 Å². The number of β-amino-alcohol motifs (C(OH)–C–C–N with tert-alkyl or cyclic N) is 1. The van der Waals surface area contributed by atoms with Crippen LogP contribution in [0.1, 0.15) is 100 Å². The van der Waals surface area contributed by atoms with E-state index < -0.39 is 139 Å². The first-order chi connectivity index (χ1) is 43.4. The average Bonchev–Trinajstić information content (AvgIpc) is 1.71. The van der Waals surface area contributed by atoms with Crippen molar-refractivity contribution in [1.29, 1.82) is 0 Å². The Morgan fingerprint density at radius 1 is 0.670 bits per heavy atom. The van der Waals surface area contributed by atoms with Crippen LogP contribution in [-0.4, -0.2) is 225 Å². The molecule has 11 atom stereocenters. The minimum absolute atomic E-state index is 0.00232. The molecule has 4 fully saturated rings. The maximum atomic E-state index is 14.8. The monoisotopic (exact) mass is 1290 g/mol. The molecule has 2 aromatic rings. The Bertz CT molecular complexity index is 2930. The Labute approximate surface area is 530 Å². The zero-order valence-corrected chi connectivity index (χ0v) is 51.8. The number of hydrogen-bond donors (Lipinski definition) is 15. The van der Waals surface area contributed by atoms with Gasteiger partial charge in [0, 0.05) is 63.0 Å². The predicted octanol–water partition coefficient (Wildman–Crippen LogP) is -4.95. The van der Waals surface area contributed by atoms with Crippen LogP contribution in [-0.2, 0) is 60.9 Å². The van der Waals surface area contributed by atoms with E-state index >= 15 is 0 Å². The number of guanidine groups is 3. The number of aliphatic carboxylic acids is 1. The van der Waals surface area contributed by atoms with E-state index in [1.165, 1.54) is 21.1 Å². The molecule has 3 saturated heterocycles. The number of nitrogens with one attached hydrogen (secondary N) is 5. The number of likely N-dealkylation sites (tertiary alicyclic amines) is 3. The first-order valence-electron chi connectivity index (χ1n) is 30.6. The summed E-state index contributed by atoms with van der Waals surface area (Å²) < 4.78 is 0. The van der Waals surface area contributed by atoms with Crippen LogP contribution in [0.15, 0.2) is 62.8 Å². The van der Waals surface area contributed by atoms with E-state index in [1.54, 1.807) is 47.8 Å². The molecule has 1 aromatic heterocycles. The highest BCUT2D eigenvalue weighted by molar-refractivity contribution is 7.09. The van der Waals surface area contributed by atoms with Crippen LogP contribution in [0.5, 0.6) is 0 Å². The number of carbonyl (C=O) groups excluding carboxylic acids is 9. The highest BCUT2D eigenvalue weighted by Gasteiger charge is 2.49. The molecule has 500 valence electrons. The van der Waals surface area contributed by atoms with Gasteiger partial charge in [-0.05, 0) is 93.6 Å². The van der Waals surface area contributed by atoms with E-state index in [2.05, 4.69) is 41.6 Å². The number of hydrogen-bond acceptors (Lipinski definition) is 17. The SMILES string of the molecule is NC(N)=NCCC[C@@H](N)C(=O)N[C@@H](CCCN=C(N)N)C(=O)N1CCC[C@H]1C(=O)N1C[C@H](O)C[C@H]1C(=O)NCC(=O)N[C@@H](Cc1cccs1)C(=O)N[C@@H](CO)C(=O)N(CC(=O)N1C2CCCCC2C[C@H]1C(=O)N[C@@H](CCCN=C(N)N)C(=O)O)Cc1ccccc1. The minimum atomic E-state index is -1.68. The first kappa shape index (κ1) is 71.4. The van der Waals surface area contributed by atoms with Crippen LogP contribution in [0.25, 0.3) is 0 Å². The van der Waals surface area contributed by atoms with Gasteiger partial charge in [0.25, 0.3) is 0 Å². The number of carboxylic acid groups (broad SMARTS) is 1. The van der Waals surface area contributed by atoms with Gasteiger partial charge in [0.15, 0.2) is 17.9 Å². The summed E-state index contributed by atoms with van der Waals surface area (Å²) in [4.78, 5) is 158.